The van der Waals surface area contributed by atoms with Crippen LogP contribution in [0.15, 0.2) is 48.5 Å². The summed E-state index contributed by atoms with van der Waals surface area (Å²) in [6.45, 7) is 2.36. The number of phenolic OH excluding ortho intramolecular Hbond substituents is 1. The van der Waals surface area contributed by atoms with E-state index >= 15 is 0 Å². The molecular weight excluding hydrogens is 276 g/mol. The van der Waals surface area contributed by atoms with Gasteiger partial charge in [-0.05, 0) is 28.8 Å². The van der Waals surface area contributed by atoms with Gasteiger partial charge in [0.05, 0.1) is 0 Å². The molecule has 1 fully saturated rings. The zero-order chi connectivity index (χ0) is 15.1. The van der Waals surface area contributed by atoms with Crippen molar-refractivity contribution in [1.29, 1.82) is 0 Å². The van der Waals surface area contributed by atoms with Crippen molar-refractivity contribution in [1.82, 2.24) is 10.2 Å². The molecule has 0 radical (unpaired) electrons. The van der Waals surface area contributed by atoms with Gasteiger partial charge in [-0.1, -0.05) is 36.4 Å². The molecule has 22 heavy (non-hydrogen) atoms. The van der Waals surface area contributed by atoms with Crippen LogP contribution in [0.3, 0.4) is 0 Å². The normalized spacial score (nSPS) is 24.3. The number of amides is 1. The maximum absolute atomic E-state index is 12.3. The van der Waals surface area contributed by atoms with Crippen LogP contribution in [0.2, 0.25) is 0 Å². The summed E-state index contributed by atoms with van der Waals surface area (Å²) in [4.78, 5) is 14.5. The third-order valence-electron chi connectivity index (χ3n) is 4.67. The van der Waals surface area contributed by atoms with Gasteiger partial charge in [0.25, 0.3) is 0 Å². The molecule has 112 valence electrons. The first kappa shape index (κ1) is 13.3. The topological polar surface area (TPSA) is 52.6 Å². The van der Waals surface area contributed by atoms with Gasteiger partial charge in [0.15, 0.2) is 0 Å². The smallest absolute Gasteiger partial charge is 0.242 e. The van der Waals surface area contributed by atoms with Crippen molar-refractivity contribution >= 4 is 5.91 Å². The first-order valence-electron chi connectivity index (χ1n) is 7.63. The second-order valence-corrected chi connectivity index (χ2v) is 5.96. The fourth-order valence-corrected chi connectivity index (χ4v) is 3.67. The average Bonchev–Trinajstić information content (AvgIpc) is 2.54. The van der Waals surface area contributed by atoms with Crippen molar-refractivity contribution in [3.63, 3.8) is 0 Å². The summed E-state index contributed by atoms with van der Waals surface area (Å²) >= 11 is 0. The van der Waals surface area contributed by atoms with Gasteiger partial charge in [0.1, 0.15) is 11.8 Å². The lowest BCUT2D eigenvalue weighted by Gasteiger charge is -2.43. The second-order valence-electron chi connectivity index (χ2n) is 5.96. The molecule has 2 heterocycles. The lowest BCUT2D eigenvalue weighted by atomic mass is 9.80. The highest BCUT2D eigenvalue weighted by atomic mass is 16.3. The Morgan fingerprint density at radius 1 is 1.09 bits per heavy atom. The number of rotatable bonds is 1. The van der Waals surface area contributed by atoms with E-state index in [9.17, 15) is 9.90 Å². The predicted octanol–water partition coefficient (Wildman–Crippen LogP) is 2.01. The summed E-state index contributed by atoms with van der Waals surface area (Å²) in [6, 6.07) is 15.5. The Bertz CT molecular complexity index is 714. The van der Waals surface area contributed by atoms with Crippen LogP contribution in [0.1, 0.15) is 28.7 Å². The quantitative estimate of drug-likeness (QED) is 0.846. The van der Waals surface area contributed by atoms with E-state index in [0.717, 1.165) is 24.2 Å². The van der Waals surface area contributed by atoms with Gasteiger partial charge in [-0.2, -0.15) is 0 Å². The molecule has 0 saturated carbocycles. The standard InChI is InChI=1S/C18H18N2O2/c21-13-6-7-14-15(10-13)17-18(22)19-8-9-20(17)11-16(14)12-4-2-1-3-5-12/h1-7,10,16-17,21H,8-9,11H2,(H,19,22). The minimum absolute atomic E-state index is 0.0320. The van der Waals surface area contributed by atoms with Gasteiger partial charge in [-0.3, -0.25) is 9.69 Å². The van der Waals surface area contributed by atoms with Crippen LogP contribution in [0.5, 0.6) is 5.75 Å². The average molecular weight is 294 g/mol. The van der Waals surface area contributed by atoms with Gasteiger partial charge < -0.3 is 10.4 Å². The molecule has 4 rings (SSSR count). The predicted molar refractivity (Wildman–Crippen MR) is 83.7 cm³/mol. The van der Waals surface area contributed by atoms with E-state index < -0.39 is 0 Å². The minimum Gasteiger partial charge on any atom is -0.508 e. The number of hydrogen-bond acceptors (Lipinski definition) is 3. The molecule has 0 spiro atoms. The van der Waals surface area contributed by atoms with Crippen molar-refractivity contribution in [2.75, 3.05) is 19.6 Å². The van der Waals surface area contributed by atoms with Crippen LogP contribution >= 0.6 is 0 Å². The maximum atomic E-state index is 12.3. The molecule has 0 aromatic heterocycles. The Balaban J connectivity index is 1.86. The zero-order valence-corrected chi connectivity index (χ0v) is 12.2. The van der Waals surface area contributed by atoms with E-state index in [1.165, 1.54) is 5.56 Å². The maximum Gasteiger partial charge on any atom is 0.242 e. The van der Waals surface area contributed by atoms with E-state index in [0.29, 0.717) is 6.54 Å². The Morgan fingerprint density at radius 3 is 2.73 bits per heavy atom. The lowest BCUT2D eigenvalue weighted by molar-refractivity contribution is -0.129. The molecule has 2 unspecified atom stereocenters. The molecule has 2 N–H and O–H groups in total. The summed E-state index contributed by atoms with van der Waals surface area (Å²) in [6.07, 6.45) is 0. The number of piperazine rings is 1. The van der Waals surface area contributed by atoms with Gasteiger partial charge in [0.2, 0.25) is 5.91 Å². The molecule has 2 aromatic carbocycles. The van der Waals surface area contributed by atoms with Crippen molar-refractivity contribution in [2.24, 2.45) is 0 Å². The minimum atomic E-state index is -0.282. The van der Waals surface area contributed by atoms with Gasteiger partial charge in [-0.15, -0.1) is 0 Å². The Kier molecular flexibility index (Phi) is 3.12. The van der Waals surface area contributed by atoms with Crippen LogP contribution in [-0.2, 0) is 4.79 Å². The Hall–Kier alpha value is -2.33. The molecule has 0 bridgehead atoms. The third-order valence-corrected chi connectivity index (χ3v) is 4.67. The molecule has 1 amide bonds. The molecular formula is C18H18N2O2. The molecule has 4 nitrogen and oxygen atoms in total. The Morgan fingerprint density at radius 2 is 1.91 bits per heavy atom. The van der Waals surface area contributed by atoms with Crippen LogP contribution < -0.4 is 5.32 Å². The lowest BCUT2D eigenvalue weighted by Crippen LogP contribution is -2.53. The zero-order valence-electron chi connectivity index (χ0n) is 12.2. The van der Waals surface area contributed by atoms with E-state index in [4.69, 9.17) is 0 Å². The van der Waals surface area contributed by atoms with Gasteiger partial charge >= 0.3 is 0 Å². The van der Waals surface area contributed by atoms with Gasteiger partial charge in [-0.25, -0.2) is 0 Å². The number of fused-ring (bicyclic) bond motifs is 3. The molecule has 0 aliphatic carbocycles. The molecule has 2 aliphatic heterocycles. The van der Waals surface area contributed by atoms with E-state index in [2.05, 4.69) is 22.3 Å². The van der Waals surface area contributed by atoms with Crippen LogP contribution in [0.4, 0.5) is 0 Å². The van der Waals surface area contributed by atoms with E-state index in [1.54, 1.807) is 12.1 Å². The summed E-state index contributed by atoms with van der Waals surface area (Å²) in [7, 11) is 0. The monoisotopic (exact) mass is 294 g/mol. The first-order chi connectivity index (χ1) is 10.7. The molecule has 2 aromatic rings. The molecule has 2 aliphatic rings. The number of nitrogens with one attached hydrogen (secondary N) is 1. The molecule has 2 atom stereocenters. The number of aromatic hydroxyl groups is 1. The number of phenols is 1. The van der Waals surface area contributed by atoms with Crippen molar-refractivity contribution in [3.05, 3.63) is 65.2 Å². The number of hydrogen-bond donors (Lipinski definition) is 2. The fraction of sp³-hybridized carbons (Fsp3) is 0.278. The summed E-state index contributed by atoms with van der Waals surface area (Å²) in [5, 5.41) is 12.8. The van der Waals surface area contributed by atoms with Crippen LogP contribution in [0.25, 0.3) is 0 Å². The summed E-state index contributed by atoms with van der Waals surface area (Å²) in [5.74, 6) is 0.481. The summed E-state index contributed by atoms with van der Waals surface area (Å²) < 4.78 is 0. The second kappa shape index (κ2) is 5.14. The van der Waals surface area contributed by atoms with Crippen molar-refractivity contribution < 1.29 is 9.90 Å². The number of nitrogens with zero attached hydrogens (tertiary/aromatic N) is 1. The van der Waals surface area contributed by atoms with E-state index in [-0.39, 0.29) is 23.6 Å². The van der Waals surface area contributed by atoms with Crippen LogP contribution in [0, 0.1) is 0 Å². The van der Waals surface area contributed by atoms with Crippen molar-refractivity contribution in [3.8, 4) is 5.75 Å². The third kappa shape index (κ3) is 2.07. The number of benzene rings is 2. The Labute approximate surface area is 129 Å². The molecule has 1 saturated heterocycles. The van der Waals surface area contributed by atoms with Crippen molar-refractivity contribution in [2.45, 2.75) is 12.0 Å². The SMILES string of the molecule is O=C1NCCN2CC(c3ccccc3)c3ccc(O)cc3C12. The highest BCUT2D eigenvalue weighted by Gasteiger charge is 2.39. The van der Waals surface area contributed by atoms with Gasteiger partial charge in [0, 0.05) is 25.6 Å². The number of carbonyl (C=O) groups excluding carboxylic acids is 1. The highest BCUT2D eigenvalue weighted by Crippen LogP contribution is 2.41. The largest absolute Gasteiger partial charge is 0.508 e. The number of carbonyl (C=O) groups is 1. The highest BCUT2D eigenvalue weighted by molar-refractivity contribution is 5.85. The van der Waals surface area contributed by atoms with Crippen LogP contribution in [-0.4, -0.2) is 35.5 Å². The fourth-order valence-electron chi connectivity index (χ4n) is 3.67. The molecule has 4 heteroatoms. The van der Waals surface area contributed by atoms with E-state index in [1.807, 2.05) is 24.3 Å². The first-order valence-corrected chi connectivity index (χ1v) is 7.63. The summed E-state index contributed by atoms with van der Waals surface area (Å²) in [5.41, 5.74) is 3.32.